The molecule has 1 saturated heterocycles. The molecule has 1 N–H and O–H groups in total. The molecule has 1 aliphatic heterocycles. The van der Waals surface area contributed by atoms with Crippen LogP contribution in [-0.2, 0) is 0 Å². The van der Waals surface area contributed by atoms with Gasteiger partial charge in [-0.25, -0.2) is 0 Å². The predicted octanol–water partition coefficient (Wildman–Crippen LogP) is 5.29. The van der Waals surface area contributed by atoms with Gasteiger partial charge in [0.15, 0.2) is 0 Å². The fourth-order valence-electron chi connectivity index (χ4n) is 4.99. The molecule has 0 aromatic heterocycles. The summed E-state index contributed by atoms with van der Waals surface area (Å²) in [4.78, 5) is 2.59. The molecule has 2 aromatic rings. The molecule has 138 valence electrons. The van der Waals surface area contributed by atoms with Crippen LogP contribution in [0.2, 0.25) is 0 Å². The molecule has 0 bridgehead atoms. The minimum Gasteiger partial charge on any atom is -0.396 e. The van der Waals surface area contributed by atoms with Crippen LogP contribution in [-0.4, -0.2) is 24.8 Å². The van der Waals surface area contributed by atoms with Gasteiger partial charge in [0.05, 0.1) is 0 Å². The molecule has 2 heteroatoms. The van der Waals surface area contributed by atoms with Gasteiger partial charge in [-0.3, -0.25) is 0 Å². The van der Waals surface area contributed by atoms with E-state index in [9.17, 15) is 5.11 Å². The van der Waals surface area contributed by atoms with E-state index < -0.39 is 0 Å². The summed E-state index contributed by atoms with van der Waals surface area (Å²) in [7, 11) is 0. The number of piperidine rings is 1. The van der Waals surface area contributed by atoms with Gasteiger partial charge in [0.2, 0.25) is 0 Å². The first kappa shape index (κ1) is 17.6. The first-order valence-electron chi connectivity index (χ1n) is 10.3. The molecule has 0 unspecified atom stereocenters. The standard InChI is InChI=1S/C24H31NO/c1-18-23(22-6-3-2-4-7-22)8-5-9-24(18)25-12-10-19(11-13-25)14-20-15-21(16-20)17-26/h2-9,19-21,26H,10-17H2,1H3. The van der Waals surface area contributed by atoms with Gasteiger partial charge in [0.25, 0.3) is 0 Å². The molecule has 1 saturated carbocycles. The zero-order valence-corrected chi connectivity index (χ0v) is 15.9. The molecular formula is C24H31NO. The zero-order valence-electron chi connectivity index (χ0n) is 15.9. The van der Waals surface area contributed by atoms with Crippen molar-refractivity contribution in [1.82, 2.24) is 0 Å². The van der Waals surface area contributed by atoms with Gasteiger partial charge in [-0.15, -0.1) is 0 Å². The van der Waals surface area contributed by atoms with Crippen molar-refractivity contribution in [3.8, 4) is 11.1 Å². The predicted molar refractivity (Wildman–Crippen MR) is 109 cm³/mol. The Labute approximate surface area is 157 Å². The Bertz CT molecular complexity index is 712. The van der Waals surface area contributed by atoms with Gasteiger partial charge < -0.3 is 10.0 Å². The molecule has 0 radical (unpaired) electrons. The first-order chi connectivity index (χ1) is 12.7. The average Bonchev–Trinajstić information content (AvgIpc) is 2.66. The lowest BCUT2D eigenvalue weighted by Gasteiger charge is -2.40. The summed E-state index contributed by atoms with van der Waals surface area (Å²) in [6.07, 6.45) is 6.53. The lowest BCUT2D eigenvalue weighted by atomic mass is 9.70. The van der Waals surface area contributed by atoms with Crippen molar-refractivity contribution in [2.45, 2.75) is 39.0 Å². The molecule has 2 fully saturated rings. The molecule has 26 heavy (non-hydrogen) atoms. The van der Waals surface area contributed by atoms with Crippen LogP contribution < -0.4 is 4.90 Å². The highest BCUT2D eigenvalue weighted by Gasteiger charge is 2.31. The Morgan fingerprint density at radius 1 is 0.885 bits per heavy atom. The highest BCUT2D eigenvalue weighted by Crippen LogP contribution is 2.40. The van der Waals surface area contributed by atoms with Crippen LogP contribution in [0.4, 0.5) is 5.69 Å². The first-order valence-corrected chi connectivity index (χ1v) is 10.3. The molecule has 0 atom stereocenters. The number of nitrogens with zero attached hydrogens (tertiary/aromatic N) is 1. The van der Waals surface area contributed by atoms with Gasteiger partial charge in [-0.05, 0) is 79.5 Å². The monoisotopic (exact) mass is 349 g/mol. The molecule has 2 aromatic carbocycles. The molecule has 0 spiro atoms. The Hall–Kier alpha value is -1.80. The Morgan fingerprint density at radius 2 is 1.62 bits per heavy atom. The fourth-order valence-corrected chi connectivity index (χ4v) is 4.99. The molecule has 2 aliphatic rings. The van der Waals surface area contributed by atoms with Crippen LogP contribution in [0.3, 0.4) is 0 Å². The molecular weight excluding hydrogens is 318 g/mol. The molecule has 0 amide bonds. The van der Waals surface area contributed by atoms with E-state index in [0.717, 1.165) is 11.8 Å². The van der Waals surface area contributed by atoms with E-state index in [2.05, 4.69) is 60.4 Å². The van der Waals surface area contributed by atoms with E-state index in [-0.39, 0.29) is 0 Å². The van der Waals surface area contributed by atoms with E-state index in [1.165, 1.54) is 67.6 Å². The molecule has 2 nitrogen and oxygen atoms in total. The van der Waals surface area contributed by atoms with E-state index >= 15 is 0 Å². The van der Waals surface area contributed by atoms with Gasteiger partial charge in [-0.2, -0.15) is 0 Å². The molecule has 1 heterocycles. The van der Waals surface area contributed by atoms with Crippen LogP contribution in [0.5, 0.6) is 0 Å². The topological polar surface area (TPSA) is 23.5 Å². The second-order valence-corrected chi connectivity index (χ2v) is 8.37. The summed E-state index contributed by atoms with van der Waals surface area (Å²) >= 11 is 0. The number of hydrogen-bond donors (Lipinski definition) is 1. The lowest BCUT2D eigenvalue weighted by Crippen LogP contribution is -2.36. The summed E-state index contributed by atoms with van der Waals surface area (Å²) in [5.74, 6) is 2.36. The molecule has 1 aliphatic carbocycles. The summed E-state index contributed by atoms with van der Waals surface area (Å²) in [5.41, 5.74) is 5.48. The third-order valence-corrected chi connectivity index (χ3v) is 6.60. The Morgan fingerprint density at radius 3 is 2.31 bits per heavy atom. The summed E-state index contributed by atoms with van der Waals surface area (Å²) in [6.45, 7) is 5.03. The maximum Gasteiger partial charge on any atom is 0.0459 e. The fraction of sp³-hybridized carbons (Fsp3) is 0.500. The highest BCUT2D eigenvalue weighted by molar-refractivity contribution is 5.74. The number of aliphatic hydroxyl groups is 1. The summed E-state index contributed by atoms with van der Waals surface area (Å²) < 4.78 is 0. The van der Waals surface area contributed by atoms with Crippen LogP contribution in [0.15, 0.2) is 48.5 Å². The summed E-state index contributed by atoms with van der Waals surface area (Å²) in [5, 5.41) is 9.19. The van der Waals surface area contributed by atoms with Crippen molar-refractivity contribution >= 4 is 5.69 Å². The van der Waals surface area contributed by atoms with E-state index in [1.807, 2.05) is 0 Å². The number of hydrogen-bond acceptors (Lipinski definition) is 2. The van der Waals surface area contributed by atoms with E-state index in [0.29, 0.717) is 12.5 Å². The second kappa shape index (κ2) is 7.84. The van der Waals surface area contributed by atoms with Crippen molar-refractivity contribution in [3.05, 3.63) is 54.1 Å². The number of rotatable bonds is 5. The second-order valence-electron chi connectivity index (χ2n) is 8.37. The minimum absolute atomic E-state index is 0.395. The zero-order chi connectivity index (χ0) is 17.9. The largest absolute Gasteiger partial charge is 0.396 e. The number of anilines is 1. The van der Waals surface area contributed by atoms with Crippen LogP contribution >= 0.6 is 0 Å². The van der Waals surface area contributed by atoms with Crippen LogP contribution in [0.25, 0.3) is 11.1 Å². The van der Waals surface area contributed by atoms with Gasteiger partial charge in [0, 0.05) is 25.4 Å². The van der Waals surface area contributed by atoms with Gasteiger partial charge in [-0.1, -0.05) is 42.5 Å². The van der Waals surface area contributed by atoms with E-state index in [4.69, 9.17) is 0 Å². The van der Waals surface area contributed by atoms with Crippen molar-refractivity contribution in [2.75, 3.05) is 24.6 Å². The maximum atomic E-state index is 9.19. The summed E-state index contributed by atoms with van der Waals surface area (Å²) in [6, 6.07) is 17.5. The minimum atomic E-state index is 0.395. The van der Waals surface area contributed by atoms with Crippen molar-refractivity contribution in [3.63, 3.8) is 0 Å². The SMILES string of the molecule is Cc1c(-c2ccccc2)cccc1N1CCC(CC2CC(CO)C2)CC1. The third-order valence-electron chi connectivity index (χ3n) is 6.60. The normalized spacial score (nSPS) is 23.7. The van der Waals surface area contributed by atoms with Gasteiger partial charge in [0.1, 0.15) is 0 Å². The van der Waals surface area contributed by atoms with Crippen LogP contribution in [0.1, 0.15) is 37.7 Å². The Balaban J connectivity index is 1.39. The smallest absolute Gasteiger partial charge is 0.0459 e. The Kier molecular flexibility index (Phi) is 5.31. The lowest BCUT2D eigenvalue weighted by molar-refractivity contribution is 0.0877. The number of benzene rings is 2. The molecule has 4 rings (SSSR count). The number of aliphatic hydroxyl groups excluding tert-OH is 1. The van der Waals surface area contributed by atoms with Crippen molar-refractivity contribution in [2.24, 2.45) is 17.8 Å². The third kappa shape index (κ3) is 3.66. The quantitative estimate of drug-likeness (QED) is 0.793. The van der Waals surface area contributed by atoms with Crippen LogP contribution in [0, 0.1) is 24.7 Å². The average molecular weight is 350 g/mol. The van der Waals surface area contributed by atoms with Gasteiger partial charge >= 0.3 is 0 Å². The van der Waals surface area contributed by atoms with E-state index in [1.54, 1.807) is 0 Å². The highest BCUT2D eigenvalue weighted by atomic mass is 16.3. The van der Waals surface area contributed by atoms with Crippen molar-refractivity contribution < 1.29 is 5.11 Å². The maximum absolute atomic E-state index is 9.19. The van der Waals surface area contributed by atoms with Crippen molar-refractivity contribution in [1.29, 1.82) is 0 Å².